The third-order valence-electron chi connectivity index (χ3n) is 8.04. The Hall–Kier alpha value is -4.83. The summed E-state index contributed by atoms with van der Waals surface area (Å²) in [5.41, 5.74) is 3.58. The second-order valence-electron chi connectivity index (χ2n) is 10.1. The third kappa shape index (κ3) is 2.87. The second-order valence-corrected chi connectivity index (χ2v) is 10.1. The molecule has 0 fully saturated rings. The van der Waals surface area contributed by atoms with E-state index in [9.17, 15) is 10.1 Å². The molecule has 2 aromatic carbocycles. The lowest BCUT2D eigenvalue weighted by Crippen LogP contribution is -2.54. The number of rotatable bonds is 3. The van der Waals surface area contributed by atoms with E-state index in [1.165, 1.54) is 0 Å². The van der Waals surface area contributed by atoms with E-state index in [-0.39, 0.29) is 11.8 Å². The molecular weight excluding hydrogens is 460 g/mol. The zero-order valence-corrected chi connectivity index (χ0v) is 20.1. The third-order valence-corrected chi connectivity index (χ3v) is 8.04. The van der Waals surface area contributed by atoms with Gasteiger partial charge in [-0.2, -0.15) is 5.26 Å². The lowest BCUT2D eigenvalue weighted by molar-refractivity contribution is -0.127. The molecule has 0 saturated heterocycles. The maximum atomic E-state index is 14.0. The Labute approximate surface area is 213 Å². The molecule has 0 saturated carbocycles. The van der Waals surface area contributed by atoms with Gasteiger partial charge in [-0.25, -0.2) is 4.98 Å². The van der Waals surface area contributed by atoms with E-state index in [1.807, 2.05) is 73.8 Å². The van der Waals surface area contributed by atoms with Crippen molar-refractivity contribution in [1.82, 2.24) is 19.9 Å². The molecule has 0 spiro atoms. The zero-order chi connectivity index (χ0) is 25.2. The molecule has 3 aliphatic rings. The molecule has 3 heterocycles. The molecule has 0 aliphatic heterocycles. The number of benzene rings is 2. The van der Waals surface area contributed by atoms with Crippen molar-refractivity contribution in [1.29, 1.82) is 5.26 Å². The first-order valence-corrected chi connectivity index (χ1v) is 12.2. The van der Waals surface area contributed by atoms with Crippen molar-refractivity contribution in [2.75, 3.05) is 5.32 Å². The van der Waals surface area contributed by atoms with Crippen LogP contribution in [0.3, 0.4) is 0 Å². The van der Waals surface area contributed by atoms with Crippen molar-refractivity contribution < 1.29 is 4.79 Å². The van der Waals surface area contributed by atoms with Crippen molar-refractivity contribution in [2.45, 2.75) is 24.7 Å². The molecular formula is C30H22N6O. The number of pyridine rings is 2. The van der Waals surface area contributed by atoms with Crippen LogP contribution < -0.4 is 5.32 Å². The average Bonchev–Trinajstić information content (AvgIpc) is 3.41. The van der Waals surface area contributed by atoms with Gasteiger partial charge in [-0.15, -0.1) is 0 Å². The van der Waals surface area contributed by atoms with Crippen molar-refractivity contribution in [3.8, 4) is 17.3 Å². The largest absolute Gasteiger partial charge is 0.324 e. The summed E-state index contributed by atoms with van der Waals surface area (Å²) in [6.45, 7) is 1.95. The van der Waals surface area contributed by atoms with Crippen LogP contribution in [0.5, 0.6) is 0 Å². The fourth-order valence-electron chi connectivity index (χ4n) is 6.45. The zero-order valence-electron chi connectivity index (χ0n) is 20.1. The lowest BCUT2D eigenvalue weighted by atomic mass is 9.48. The van der Waals surface area contributed by atoms with Crippen LogP contribution in [0.25, 0.3) is 22.0 Å². The Bertz CT molecular complexity index is 1710. The number of hydrogen-bond acceptors (Lipinski definition) is 5. The number of nitrogens with one attached hydrogen (secondary N) is 2. The SMILES string of the molecule is CC1(C(=O)Nc2ncc(-c3cccc4cnccc34)[nH]2)CC2(C#N)c3ccccc3C1c1cccnc12. The van der Waals surface area contributed by atoms with Gasteiger partial charge in [0.2, 0.25) is 11.9 Å². The number of fused-ring (bicyclic) bond motifs is 2. The predicted octanol–water partition coefficient (Wildman–Crippen LogP) is 5.32. The standard InChI is InChI=1S/C30H22N6O/c1-29(16-30(17-31)23-10-3-2-7-21(23)25(29)22-9-5-12-33-26(22)30)27(37)36-28-34-15-24(35-28)20-8-4-6-18-14-32-13-11-19(18)20/h2-15,25H,16H2,1H3,(H2,34,35,36,37). The van der Waals surface area contributed by atoms with Gasteiger partial charge in [0.15, 0.2) is 0 Å². The van der Waals surface area contributed by atoms with Gasteiger partial charge in [-0.05, 0) is 47.6 Å². The first kappa shape index (κ1) is 21.5. The van der Waals surface area contributed by atoms with Gasteiger partial charge in [0, 0.05) is 35.5 Å². The Morgan fingerprint density at radius 3 is 2.78 bits per heavy atom. The molecule has 3 atom stereocenters. The first-order chi connectivity index (χ1) is 18.0. The molecule has 3 aliphatic carbocycles. The quantitative estimate of drug-likeness (QED) is 0.362. The minimum atomic E-state index is -0.987. The molecule has 1 amide bonds. The highest BCUT2D eigenvalue weighted by atomic mass is 16.2. The topological polar surface area (TPSA) is 107 Å². The van der Waals surface area contributed by atoms with Gasteiger partial charge < -0.3 is 4.98 Å². The number of carbonyl (C=O) groups excluding carboxylic acids is 1. The van der Waals surface area contributed by atoms with Gasteiger partial charge in [0.25, 0.3) is 0 Å². The number of amides is 1. The Balaban J connectivity index is 1.28. The smallest absolute Gasteiger partial charge is 0.233 e. The average molecular weight is 483 g/mol. The minimum absolute atomic E-state index is 0.177. The van der Waals surface area contributed by atoms with Gasteiger partial charge in [0.1, 0.15) is 5.41 Å². The molecule has 2 bridgehead atoms. The van der Waals surface area contributed by atoms with Crippen LogP contribution in [0.2, 0.25) is 0 Å². The summed E-state index contributed by atoms with van der Waals surface area (Å²) in [5, 5.41) is 15.6. The minimum Gasteiger partial charge on any atom is -0.324 e. The van der Waals surface area contributed by atoms with Crippen molar-refractivity contribution in [3.63, 3.8) is 0 Å². The summed E-state index contributed by atoms with van der Waals surface area (Å²) in [7, 11) is 0. The van der Waals surface area contributed by atoms with Gasteiger partial charge in [-0.3, -0.25) is 20.1 Å². The number of aromatic amines is 1. The summed E-state index contributed by atoms with van der Waals surface area (Å²) < 4.78 is 0. The Morgan fingerprint density at radius 2 is 1.89 bits per heavy atom. The fraction of sp³-hybridized carbons (Fsp3) is 0.167. The predicted molar refractivity (Wildman–Crippen MR) is 140 cm³/mol. The number of nitriles is 1. The van der Waals surface area contributed by atoms with E-state index in [1.54, 1.807) is 18.6 Å². The molecule has 2 N–H and O–H groups in total. The van der Waals surface area contributed by atoms with Crippen LogP contribution in [0, 0.1) is 16.7 Å². The van der Waals surface area contributed by atoms with Crippen LogP contribution in [-0.4, -0.2) is 25.8 Å². The van der Waals surface area contributed by atoms with Gasteiger partial charge >= 0.3 is 0 Å². The summed E-state index contributed by atoms with van der Waals surface area (Å²) >= 11 is 0. The molecule has 7 heteroatoms. The van der Waals surface area contributed by atoms with E-state index in [0.717, 1.165) is 44.4 Å². The number of carbonyl (C=O) groups is 1. The summed E-state index contributed by atoms with van der Waals surface area (Å²) in [5.74, 6) is -0.0220. The Morgan fingerprint density at radius 1 is 1.03 bits per heavy atom. The number of imidazole rings is 1. The fourth-order valence-corrected chi connectivity index (χ4v) is 6.45. The molecule has 0 radical (unpaired) electrons. The first-order valence-electron chi connectivity index (χ1n) is 12.2. The number of aromatic nitrogens is 4. The molecule has 178 valence electrons. The molecule has 37 heavy (non-hydrogen) atoms. The highest BCUT2D eigenvalue weighted by Crippen LogP contribution is 2.63. The van der Waals surface area contributed by atoms with Crippen molar-refractivity contribution >= 4 is 22.6 Å². The van der Waals surface area contributed by atoms with Gasteiger partial charge in [0.05, 0.1) is 29.1 Å². The van der Waals surface area contributed by atoms with E-state index in [2.05, 4.69) is 31.3 Å². The van der Waals surface area contributed by atoms with E-state index >= 15 is 0 Å². The van der Waals surface area contributed by atoms with Crippen LogP contribution in [-0.2, 0) is 10.2 Å². The lowest BCUT2D eigenvalue weighted by Gasteiger charge is -2.53. The van der Waals surface area contributed by atoms with Crippen LogP contribution in [0.4, 0.5) is 5.95 Å². The Kier molecular flexibility index (Phi) is 4.40. The summed E-state index contributed by atoms with van der Waals surface area (Å²) in [4.78, 5) is 30.6. The monoisotopic (exact) mass is 482 g/mol. The van der Waals surface area contributed by atoms with Crippen molar-refractivity contribution in [2.24, 2.45) is 5.41 Å². The van der Waals surface area contributed by atoms with Gasteiger partial charge in [-0.1, -0.05) is 48.5 Å². The van der Waals surface area contributed by atoms with E-state index in [4.69, 9.17) is 0 Å². The maximum Gasteiger partial charge on any atom is 0.233 e. The van der Waals surface area contributed by atoms with Crippen LogP contribution in [0.15, 0.2) is 85.5 Å². The van der Waals surface area contributed by atoms with E-state index in [0.29, 0.717) is 12.4 Å². The molecule has 7 nitrogen and oxygen atoms in total. The molecule has 3 unspecified atom stereocenters. The van der Waals surface area contributed by atoms with Crippen LogP contribution >= 0.6 is 0 Å². The van der Waals surface area contributed by atoms with E-state index < -0.39 is 10.8 Å². The molecule has 8 rings (SSSR count). The molecule has 5 aromatic rings. The van der Waals surface area contributed by atoms with Crippen molar-refractivity contribution in [3.05, 3.63) is 108 Å². The number of anilines is 1. The summed E-state index contributed by atoms with van der Waals surface area (Å²) in [6.07, 6.45) is 7.39. The highest BCUT2D eigenvalue weighted by Gasteiger charge is 2.61. The second kappa shape index (κ2) is 7.58. The maximum absolute atomic E-state index is 14.0. The number of nitrogens with zero attached hydrogens (tertiary/aromatic N) is 4. The summed E-state index contributed by atoms with van der Waals surface area (Å²) in [6, 6.07) is 22.4. The number of H-pyrrole nitrogens is 1. The van der Waals surface area contributed by atoms with Crippen LogP contribution in [0.1, 0.15) is 41.6 Å². The highest BCUT2D eigenvalue weighted by molar-refractivity contribution is 5.98. The number of hydrogen-bond donors (Lipinski definition) is 2. The molecule has 3 aromatic heterocycles. The normalized spacial score (nSPS) is 23.2.